The normalized spacial score (nSPS) is 17.7. The third-order valence-electron chi connectivity index (χ3n) is 4.05. The maximum Gasteiger partial charge on any atom is 0.257 e. The number of amides is 2. The predicted molar refractivity (Wildman–Crippen MR) is 83.5 cm³/mol. The largest absolute Gasteiger partial charge is 0.472 e. The van der Waals surface area contributed by atoms with Gasteiger partial charge in [-0.25, -0.2) is 0 Å². The van der Waals surface area contributed by atoms with E-state index in [1.165, 1.54) is 12.5 Å². The van der Waals surface area contributed by atoms with Crippen LogP contribution >= 0.6 is 0 Å². The quantitative estimate of drug-likeness (QED) is 0.936. The fourth-order valence-corrected chi connectivity index (χ4v) is 2.81. The van der Waals surface area contributed by atoms with Gasteiger partial charge in [-0.15, -0.1) is 0 Å². The fraction of sp³-hybridized carbons (Fsp3) is 0.353. The van der Waals surface area contributed by atoms with E-state index in [4.69, 9.17) is 4.42 Å². The van der Waals surface area contributed by atoms with Crippen molar-refractivity contribution >= 4 is 11.8 Å². The molecule has 6 nitrogen and oxygen atoms in total. The van der Waals surface area contributed by atoms with E-state index >= 15 is 0 Å². The van der Waals surface area contributed by atoms with Crippen LogP contribution in [0.4, 0.5) is 0 Å². The molecule has 1 aliphatic heterocycles. The number of hydrogen-bond donors (Lipinski definition) is 1. The maximum absolute atomic E-state index is 12.5. The molecule has 1 fully saturated rings. The second-order valence-electron chi connectivity index (χ2n) is 5.60. The molecule has 1 unspecified atom stereocenters. The molecule has 2 aromatic heterocycles. The van der Waals surface area contributed by atoms with E-state index in [0.717, 1.165) is 18.4 Å². The Hall–Kier alpha value is -2.63. The second-order valence-corrected chi connectivity index (χ2v) is 5.60. The minimum atomic E-state index is -0.423. The van der Waals surface area contributed by atoms with Gasteiger partial charge < -0.3 is 14.6 Å². The van der Waals surface area contributed by atoms with Crippen LogP contribution in [-0.2, 0) is 11.3 Å². The van der Waals surface area contributed by atoms with Crippen molar-refractivity contribution in [2.24, 2.45) is 0 Å². The van der Waals surface area contributed by atoms with Crippen molar-refractivity contribution < 1.29 is 14.0 Å². The number of nitrogens with one attached hydrogen (secondary N) is 1. The molecule has 6 heteroatoms. The molecule has 0 spiro atoms. The van der Waals surface area contributed by atoms with Crippen molar-refractivity contribution in [3.63, 3.8) is 0 Å². The van der Waals surface area contributed by atoms with Crippen LogP contribution in [0.5, 0.6) is 0 Å². The molecule has 1 saturated heterocycles. The Morgan fingerprint density at radius 2 is 2.09 bits per heavy atom. The molecule has 120 valence electrons. The lowest BCUT2D eigenvalue weighted by Gasteiger charge is -2.34. The highest BCUT2D eigenvalue weighted by molar-refractivity contribution is 5.97. The molecule has 0 aromatic carbocycles. The second kappa shape index (κ2) is 7.09. The first-order valence-electron chi connectivity index (χ1n) is 7.75. The molecule has 0 saturated carbocycles. The standard InChI is InChI=1S/C17H19N3O3/c21-16(19-11-13-4-7-18-8-5-13)15-3-1-2-9-20(15)17(22)14-6-10-23-12-14/h4-8,10,12,15H,1-3,9,11H2,(H,19,21). The van der Waals surface area contributed by atoms with E-state index in [1.54, 1.807) is 23.4 Å². The van der Waals surface area contributed by atoms with E-state index in [-0.39, 0.29) is 11.8 Å². The number of piperidine rings is 1. The first-order valence-corrected chi connectivity index (χ1v) is 7.75. The van der Waals surface area contributed by atoms with Crippen molar-refractivity contribution in [1.29, 1.82) is 0 Å². The Bertz CT molecular complexity index is 655. The summed E-state index contributed by atoms with van der Waals surface area (Å²) in [5.41, 5.74) is 1.47. The molecule has 1 N–H and O–H groups in total. The summed E-state index contributed by atoms with van der Waals surface area (Å²) in [5.74, 6) is -0.263. The van der Waals surface area contributed by atoms with Gasteiger partial charge in [-0.2, -0.15) is 0 Å². The molecule has 2 aromatic rings. The zero-order chi connectivity index (χ0) is 16.1. The summed E-state index contributed by atoms with van der Waals surface area (Å²) in [5, 5.41) is 2.91. The first-order chi connectivity index (χ1) is 11.3. The Kier molecular flexibility index (Phi) is 4.71. The lowest BCUT2D eigenvalue weighted by Crippen LogP contribution is -2.51. The molecular formula is C17H19N3O3. The zero-order valence-electron chi connectivity index (χ0n) is 12.8. The molecule has 0 aliphatic carbocycles. The molecule has 3 heterocycles. The van der Waals surface area contributed by atoms with Gasteiger partial charge in [0.1, 0.15) is 12.3 Å². The van der Waals surface area contributed by atoms with Crippen molar-refractivity contribution in [3.8, 4) is 0 Å². The van der Waals surface area contributed by atoms with E-state index < -0.39 is 6.04 Å². The van der Waals surface area contributed by atoms with Crippen LogP contribution < -0.4 is 5.32 Å². The van der Waals surface area contributed by atoms with Crippen molar-refractivity contribution in [3.05, 3.63) is 54.2 Å². The van der Waals surface area contributed by atoms with E-state index in [9.17, 15) is 9.59 Å². The highest BCUT2D eigenvalue weighted by atomic mass is 16.3. The van der Waals surface area contributed by atoms with E-state index in [0.29, 0.717) is 25.1 Å². The number of carbonyl (C=O) groups is 2. The third-order valence-corrected chi connectivity index (χ3v) is 4.05. The first kappa shape index (κ1) is 15.3. The van der Waals surface area contributed by atoms with Gasteiger partial charge >= 0.3 is 0 Å². The number of hydrogen-bond acceptors (Lipinski definition) is 4. The maximum atomic E-state index is 12.5. The molecule has 3 rings (SSSR count). The van der Waals surface area contributed by atoms with E-state index in [2.05, 4.69) is 10.3 Å². The van der Waals surface area contributed by atoms with E-state index in [1.807, 2.05) is 12.1 Å². The predicted octanol–water partition coefficient (Wildman–Crippen LogP) is 1.99. The number of pyridine rings is 1. The van der Waals surface area contributed by atoms with Crippen molar-refractivity contribution in [1.82, 2.24) is 15.2 Å². The zero-order valence-corrected chi connectivity index (χ0v) is 12.8. The van der Waals surface area contributed by atoms with Crippen LogP contribution in [0.15, 0.2) is 47.5 Å². The summed E-state index contributed by atoms with van der Waals surface area (Å²) in [6.45, 7) is 1.03. The van der Waals surface area contributed by atoms with Gasteiger partial charge in [0.05, 0.1) is 11.8 Å². The third kappa shape index (κ3) is 3.59. The fourth-order valence-electron chi connectivity index (χ4n) is 2.81. The summed E-state index contributed by atoms with van der Waals surface area (Å²) in [6, 6.07) is 4.92. The van der Waals surface area contributed by atoms with Crippen molar-refractivity contribution in [2.75, 3.05) is 6.54 Å². The van der Waals surface area contributed by atoms with Gasteiger partial charge in [0, 0.05) is 25.5 Å². The summed E-state index contributed by atoms with van der Waals surface area (Å²) >= 11 is 0. The summed E-state index contributed by atoms with van der Waals surface area (Å²) in [4.78, 5) is 30.6. The van der Waals surface area contributed by atoms with Crippen LogP contribution in [0.2, 0.25) is 0 Å². The smallest absolute Gasteiger partial charge is 0.257 e. The minimum absolute atomic E-state index is 0.113. The number of likely N-dealkylation sites (tertiary alicyclic amines) is 1. The molecule has 1 atom stereocenters. The number of carbonyl (C=O) groups excluding carboxylic acids is 2. The molecule has 0 bridgehead atoms. The van der Waals surface area contributed by atoms with Crippen LogP contribution in [-0.4, -0.2) is 34.3 Å². The highest BCUT2D eigenvalue weighted by Crippen LogP contribution is 2.20. The van der Waals surface area contributed by atoms with Crippen LogP contribution in [0, 0.1) is 0 Å². The van der Waals surface area contributed by atoms with Gasteiger partial charge in [0.25, 0.3) is 5.91 Å². The van der Waals surface area contributed by atoms with Gasteiger partial charge in [0.15, 0.2) is 0 Å². The number of nitrogens with zero attached hydrogens (tertiary/aromatic N) is 2. The number of aromatic nitrogens is 1. The van der Waals surface area contributed by atoms with Gasteiger partial charge in [-0.1, -0.05) is 0 Å². The number of furan rings is 1. The summed E-state index contributed by atoms with van der Waals surface area (Å²) in [6.07, 6.45) is 8.82. The average Bonchev–Trinajstić information content (AvgIpc) is 3.14. The Morgan fingerprint density at radius 1 is 1.26 bits per heavy atom. The van der Waals surface area contributed by atoms with Crippen LogP contribution in [0.3, 0.4) is 0 Å². The van der Waals surface area contributed by atoms with Crippen LogP contribution in [0.25, 0.3) is 0 Å². The minimum Gasteiger partial charge on any atom is -0.472 e. The highest BCUT2D eigenvalue weighted by Gasteiger charge is 2.32. The molecule has 0 radical (unpaired) electrons. The van der Waals surface area contributed by atoms with Crippen molar-refractivity contribution in [2.45, 2.75) is 31.8 Å². The Morgan fingerprint density at radius 3 is 2.83 bits per heavy atom. The molecule has 2 amide bonds. The molecule has 1 aliphatic rings. The lowest BCUT2D eigenvalue weighted by atomic mass is 10.0. The molecule has 23 heavy (non-hydrogen) atoms. The summed E-state index contributed by atoms with van der Waals surface area (Å²) in [7, 11) is 0. The van der Waals surface area contributed by atoms with Gasteiger partial charge in [-0.3, -0.25) is 14.6 Å². The number of rotatable bonds is 4. The van der Waals surface area contributed by atoms with Gasteiger partial charge in [0.2, 0.25) is 5.91 Å². The Labute approximate surface area is 134 Å². The average molecular weight is 313 g/mol. The topological polar surface area (TPSA) is 75.4 Å². The monoisotopic (exact) mass is 313 g/mol. The van der Waals surface area contributed by atoms with Crippen LogP contribution in [0.1, 0.15) is 35.2 Å². The lowest BCUT2D eigenvalue weighted by molar-refractivity contribution is -0.126. The SMILES string of the molecule is O=C(NCc1ccncc1)C1CCCCN1C(=O)c1ccoc1. The molecular weight excluding hydrogens is 294 g/mol. The van der Waals surface area contributed by atoms with Gasteiger partial charge in [-0.05, 0) is 43.0 Å². The summed E-state index contributed by atoms with van der Waals surface area (Å²) < 4.78 is 4.97. The Balaban J connectivity index is 1.66.